The molecule has 0 aromatic carbocycles. The Kier molecular flexibility index (Phi) is 1.56. The van der Waals surface area contributed by atoms with Crippen LogP contribution in [-0.4, -0.2) is 14.6 Å². The maximum Gasteiger partial charge on any atom is 0.154 e. The Morgan fingerprint density at radius 3 is 3.09 bits per heavy atom. The molecule has 0 aliphatic carbocycles. The molecule has 2 aromatic rings. The van der Waals surface area contributed by atoms with E-state index in [1.807, 2.05) is 25.3 Å². The van der Waals surface area contributed by atoms with Gasteiger partial charge in [0.2, 0.25) is 0 Å². The van der Waals surface area contributed by atoms with Crippen LogP contribution in [0.4, 0.5) is 0 Å². The van der Waals surface area contributed by atoms with Gasteiger partial charge in [0.25, 0.3) is 0 Å². The van der Waals surface area contributed by atoms with Crippen LogP contribution in [0.3, 0.4) is 0 Å². The Morgan fingerprint density at radius 1 is 1.45 bits per heavy atom. The lowest BCUT2D eigenvalue weighted by molar-refractivity contribution is 0.900. The van der Waals surface area contributed by atoms with E-state index in [0.29, 0.717) is 0 Å². The maximum absolute atomic E-state index is 4.25. The van der Waals surface area contributed by atoms with Crippen molar-refractivity contribution in [2.24, 2.45) is 0 Å². The predicted molar refractivity (Wildman–Crippen MR) is 50.4 cm³/mol. The van der Waals surface area contributed by atoms with Crippen molar-refractivity contribution in [3.05, 3.63) is 27.7 Å². The van der Waals surface area contributed by atoms with Crippen molar-refractivity contribution >= 4 is 28.2 Å². The van der Waals surface area contributed by atoms with Crippen molar-refractivity contribution in [3.8, 4) is 0 Å². The molecule has 0 saturated heterocycles. The van der Waals surface area contributed by atoms with Gasteiger partial charge in [0, 0.05) is 0 Å². The zero-order chi connectivity index (χ0) is 7.84. The van der Waals surface area contributed by atoms with Gasteiger partial charge in [-0.3, -0.25) is 0 Å². The minimum Gasteiger partial charge on any atom is -0.221 e. The number of hydrogen-bond acceptors (Lipinski definition) is 2. The second-order valence-electron chi connectivity index (χ2n) is 2.34. The number of aromatic nitrogens is 3. The van der Waals surface area contributed by atoms with Gasteiger partial charge in [-0.2, -0.15) is 5.10 Å². The Labute approximate surface area is 77.6 Å². The lowest BCUT2D eigenvalue weighted by Gasteiger charge is -1.91. The molecule has 0 amide bonds. The summed E-state index contributed by atoms with van der Waals surface area (Å²) in [6.07, 6.45) is 1.91. The second kappa shape index (κ2) is 2.44. The summed E-state index contributed by atoms with van der Waals surface area (Å²) < 4.78 is 2.76. The third kappa shape index (κ3) is 1.22. The molecule has 0 aliphatic heterocycles. The summed E-state index contributed by atoms with van der Waals surface area (Å²) in [5.74, 6) is 0. The number of rotatable bonds is 0. The topological polar surface area (TPSA) is 30.2 Å². The van der Waals surface area contributed by atoms with E-state index in [9.17, 15) is 0 Å². The van der Waals surface area contributed by atoms with Gasteiger partial charge in [-0.05, 0) is 41.6 Å². The molecular formula is C7H6IN3. The molecule has 3 nitrogen and oxygen atoms in total. The third-order valence-electron chi connectivity index (χ3n) is 1.42. The minimum absolute atomic E-state index is 0.903. The molecule has 0 radical (unpaired) electrons. The van der Waals surface area contributed by atoms with E-state index in [1.54, 1.807) is 4.52 Å². The first kappa shape index (κ1) is 7.02. The van der Waals surface area contributed by atoms with Crippen LogP contribution in [0.25, 0.3) is 5.65 Å². The summed E-state index contributed by atoms with van der Waals surface area (Å²) in [6, 6.07) is 3.92. The average Bonchev–Trinajstić information content (AvgIpc) is 2.27. The van der Waals surface area contributed by atoms with Crippen LogP contribution >= 0.6 is 22.6 Å². The molecular weight excluding hydrogens is 253 g/mol. The van der Waals surface area contributed by atoms with Crippen LogP contribution in [-0.2, 0) is 0 Å². The minimum atomic E-state index is 0.903. The molecule has 2 heterocycles. The summed E-state index contributed by atoms with van der Waals surface area (Å²) in [6.45, 7) is 1.96. The Bertz CT molecular complexity index is 393. The molecule has 0 atom stereocenters. The smallest absolute Gasteiger partial charge is 0.154 e. The number of halogens is 1. The molecule has 0 spiro atoms. The third-order valence-corrected chi connectivity index (χ3v) is 1.94. The SMILES string of the molecule is Cc1ccc2nc(I)cn2n1. The fourth-order valence-corrected chi connectivity index (χ4v) is 1.46. The van der Waals surface area contributed by atoms with Crippen LogP contribution < -0.4 is 0 Å². The first-order valence-corrected chi connectivity index (χ1v) is 4.32. The van der Waals surface area contributed by atoms with Gasteiger partial charge in [-0.25, -0.2) is 9.50 Å². The summed E-state index contributed by atoms with van der Waals surface area (Å²) in [5, 5.41) is 4.25. The second-order valence-corrected chi connectivity index (χ2v) is 3.45. The fraction of sp³-hybridized carbons (Fsp3) is 0.143. The monoisotopic (exact) mass is 259 g/mol. The Hall–Kier alpha value is -0.650. The maximum atomic E-state index is 4.25. The number of fused-ring (bicyclic) bond motifs is 1. The molecule has 2 aromatic heterocycles. The summed E-state index contributed by atoms with van der Waals surface area (Å²) in [4.78, 5) is 4.24. The summed E-state index contributed by atoms with van der Waals surface area (Å²) >= 11 is 2.17. The quantitative estimate of drug-likeness (QED) is 0.673. The van der Waals surface area contributed by atoms with E-state index < -0.39 is 0 Å². The van der Waals surface area contributed by atoms with E-state index in [4.69, 9.17) is 0 Å². The Morgan fingerprint density at radius 2 is 2.27 bits per heavy atom. The normalized spacial score (nSPS) is 10.7. The van der Waals surface area contributed by atoms with E-state index in [0.717, 1.165) is 15.0 Å². The first-order valence-electron chi connectivity index (χ1n) is 3.24. The van der Waals surface area contributed by atoms with E-state index in [2.05, 4.69) is 32.7 Å². The largest absolute Gasteiger partial charge is 0.221 e. The van der Waals surface area contributed by atoms with Crippen LogP contribution in [0.5, 0.6) is 0 Å². The van der Waals surface area contributed by atoms with Gasteiger partial charge in [0.15, 0.2) is 5.65 Å². The average molecular weight is 259 g/mol. The lowest BCUT2D eigenvalue weighted by Crippen LogP contribution is -1.91. The van der Waals surface area contributed by atoms with Crippen molar-refractivity contribution in [1.82, 2.24) is 14.6 Å². The molecule has 0 saturated carbocycles. The van der Waals surface area contributed by atoms with Gasteiger partial charge in [0.05, 0.1) is 11.9 Å². The number of nitrogens with zero attached hydrogens (tertiary/aromatic N) is 3. The summed E-state index contributed by atoms with van der Waals surface area (Å²) in [5.41, 5.74) is 1.91. The molecule has 0 bridgehead atoms. The van der Waals surface area contributed by atoms with Gasteiger partial charge in [0.1, 0.15) is 3.70 Å². The van der Waals surface area contributed by atoms with E-state index in [1.165, 1.54) is 0 Å². The number of aryl methyl sites for hydroxylation is 1. The highest BCUT2D eigenvalue weighted by Crippen LogP contribution is 2.05. The van der Waals surface area contributed by atoms with Gasteiger partial charge >= 0.3 is 0 Å². The molecule has 11 heavy (non-hydrogen) atoms. The molecule has 0 aliphatic rings. The highest BCUT2D eigenvalue weighted by atomic mass is 127. The van der Waals surface area contributed by atoms with Crippen molar-refractivity contribution < 1.29 is 0 Å². The Balaban J connectivity index is 2.82. The first-order chi connectivity index (χ1) is 5.25. The van der Waals surface area contributed by atoms with Gasteiger partial charge in [-0.1, -0.05) is 0 Å². The van der Waals surface area contributed by atoms with Crippen molar-refractivity contribution in [1.29, 1.82) is 0 Å². The zero-order valence-electron chi connectivity index (χ0n) is 5.95. The molecule has 0 N–H and O–H groups in total. The van der Waals surface area contributed by atoms with E-state index in [-0.39, 0.29) is 0 Å². The predicted octanol–water partition coefficient (Wildman–Crippen LogP) is 1.64. The van der Waals surface area contributed by atoms with Crippen LogP contribution in [0, 0.1) is 10.6 Å². The van der Waals surface area contributed by atoms with Crippen LogP contribution in [0.1, 0.15) is 5.69 Å². The van der Waals surface area contributed by atoms with Crippen molar-refractivity contribution in [2.75, 3.05) is 0 Å². The molecule has 0 unspecified atom stereocenters. The molecule has 0 fully saturated rings. The summed E-state index contributed by atoms with van der Waals surface area (Å²) in [7, 11) is 0. The highest BCUT2D eigenvalue weighted by molar-refractivity contribution is 14.1. The van der Waals surface area contributed by atoms with Crippen molar-refractivity contribution in [3.63, 3.8) is 0 Å². The van der Waals surface area contributed by atoms with Gasteiger partial charge in [-0.15, -0.1) is 0 Å². The van der Waals surface area contributed by atoms with Crippen molar-refractivity contribution in [2.45, 2.75) is 6.92 Å². The number of imidazole rings is 1. The van der Waals surface area contributed by atoms with E-state index >= 15 is 0 Å². The standard InChI is InChI=1S/C7H6IN3/c1-5-2-3-7-9-6(8)4-11(7)10-5/h2-4H,1H3. The van der Waals surface area contributed by atoms with Gasteiger partial charge < -0.3 is 0 Å². The van der Waals surface area contributed by atoms with Crippen LogP contribution in [0.2, 0.25) is 0 Å². The van der Waals surface area contributed by atoms with Crippen LogP contribution in [0.15, 0.2) is 18.3 Å². The zero-order valence-corrected chi connectivity index (χ0v) is 8.11. The highest BCUT2D eigenvalue weighted by Gasteiger charge is 1.97. The fourth-order valence-electron chi connectivity index (χ4n) is 0.949. The number of hydrogen-bond donors (Lipinski definition) is 0. The lowest BCUT2D eigenvalue weighted by atomic mass is 10.4. The molecule has 56 valence electrons. The molecule has 4 heteroatoms. The molecule has 2 rings (SSSR count).